The van der Waals surface area contributed by atoms with E-state index in [0.29, 0.717) is 9.35 Å². The van der Waals surface area contributed by atoms with Gasteiger partial charge in [0.05, 0.1) is 4.21 Å². The van der Waals surface area contributed by atoms with Gasteiger partial charge in [0.2, 0.25) is 0 Å². The first kappa shape index (κ1) is 9.09. The first-order valence-corrected chi connectivity index (χ1v) is 5.55. The molecule has 1 rings (SSSR count). The molecule has 0 aromatic carbocycles. The quantitative estimate of drug-likeness (QED) is 0.823. The summed E-state index contributed by atoms with van der Waals surface area (Å²) in [5, 5.41) is 8.65. The van der Waals surface area contributed by atoms with Crippen LogP contribution in [0.3, 0.4) is 0 Å². The maximum Gasteiger partial charge on any atom is 0.347 e. The Kier molecular flexibility index (Phi) is 2.98. The lowest BCUT2D eigenvalue weighted by Crippen LogP contribution is -1.91. The van der Waals surface area contributed by atoms with E-state index in [2.05, 4.69) is 15.9 Å². The van der Waals surface area contributed by atoms with Gasteiger partial charge in [0, 0.05) is 4.47 Å². The number of carbonyl (C=O) groups is 1. The zero-order chi connectivity index (χ0) is 8.43. The molecule has 1 heterocycles. The minimum Gasteiger partial charge on any atom is -0.477 e. The molecule has 5 heteroatoms. The third-order valence-corrected chi connectivity index (χ3v) is 4.14. The van der Waals surface area contributed by atoms with Crippen molar-refractivity contribution in [3.8, 4) is 0 Å². The van der Waals surface area contributed by atoms with E-state index in [1.54, 1.807) is 11.8 Å². The van der Waals surface area contributed by atoms with Crippen LogP contribution in [0.2, 0.25) is 0 Å². The molecule has 11 heavy (non-hydrogen) atoms. The molecule has 2 nitrogen and oxygen atoms in total. The van der Waals surface area contributed by atoms with Crippen LogP contribution in [0.5, 0.6) is 0 Å². The number of carboxylic acid groups (broad SMARTS) is 1. The summed E-state index contributed by atoms with van der Waals surface area (Å²) in [6.07, 6.45) is 1.92. The van der Waals surface area contributed by atoms with Crippen molar-refractivity contribution in [2.45, 2.75) is 4.21 Å². The fraction of sp³-hybridized carbons (Fsp3) is 0.167. The molecule has 0 fully saturated rings. The Morgan fingerprint density at radius 2 is 2.45 bits per heavy atom. The molecule has 0 saturated heterocycles. The highest BCUT2D eigenvalue weighted by molar-refractivity contribution is 9.10. The van der Waals surface area contributed by atoms with E-state index in [4.69, 9.17) is 5.11 Å². The van der Waals surface area contributed by atoms with Gasteiger partial charge in [-0.15, -0.1) is 23.1 Å². The van der Waals surface area contributed by atoms with Crippen LogP contribution in [-0.2, 0) is 0 Å². The number of aromatic carboxylic acids is 1. The Morgan fingerprint density at radius 1 is 1.82 bits per heavy atom. The predicted molar refractivity (Wildman–Crippen MR) is 50.8 cm³/mol. The Balaban J connectivity index is 3.07. The molecule has 1 N–H and O–H groups in total. The van der Waals surface area contributed by atoms with E-state index in [9.17, 15) is 4.79 Å². The van der Waals surface area contributed by atoms with E-state index in [0.717, 1.165) is 4.21 Å². The lowest BCUT2D eigenvalue weighted by atomic mass is 10.5. The van der Waals surface area contributed by atoms with Gasteiger partial charge >= 0.3 is 5.97 Å². The molecular formula is C6H5BrO2S2. The van der Waals surface area contributed by atoms with E-state index in [1.165, 1.54) is 11.3 Å². The zero-order valence-electron chi connectivity index (χ0n) is 5.63. The molecule has 0 radical (unpaired) electrons. The van der Waals surface area contributed by atoms with Crippen LogP contribution >= 0.6 is 39.0 Å². The summed E-state index contributed by atoms with van der Waals surface area (Å²) in [5.41, 5.74) is 0. The number of thiophene rings is 1. The number of halogens is 1. The molecule has 0 bridgehead atoms. The Morgan fingerprint density at radius 3 is 2.73 bits per heavy atom. The SMILES string of the molecule is CSc1cc(Br)c(C(=O)O)s1. The fourth-order valence-corrected chi connectivity index (χ4v) is 2.98. The molecular weight excluding hydrogens is 248 g/mol. The first-order valence-electron chi connectivity index (χ1n) is 2.71. The molecule has 0 atom stereocenters. The van der Waals surface area contributed by atoms with Gasteiger partial charge in [-0.2, -0.15) is 0 Å². The number of hydrogen-bond acceptors (Lipinski definition) is 3. The van der Waals surface area contributed by atoms with E-state index >= 15 is 0 Å². The summed E-state index contributed by atoms with van der Waals surface area (Å²) in [6.45, 7) is 0. The van der Waals surface area contributed by atoms with Gasteiger partial charge < -0.3 is 5.11 Å². The maximum absolute atomic E-state index is 10.5. The van der Waals surface area contributed by atoms with Crippen molar-refractivity contribution in [2.24, 2.45) is 0 Å². The lowest BCUT2D eigenvalue weighted by Gasteiger charge is -1.85. The number of carboxylic acids is 1. The highest BCUT2D eigenvalue weighted by atomic mass is 79.9. The van der Waals surface area contributed by atoms with Crippen LogP contribution in [0.15, 0.2) is 14.7 Å². The van der Waals surface area contributed by atoms with Crippen LogP contribution in [0.4, 0.5) is 0 Å². The predicted octanol–water partition coefficient (Wildman–Crippen LogP) is 2.93. The molecule has 0 unspecified atom stereocenters. The van der Waals surface area contributed by atoms with Crippen molar-refractivity contribution in [1.82, 2.24) is 0 Å². The number of rotatable bonds is 2. The van der Waals surface area contributed by atoms with Gasteiger partial charge in [0.15, 0.2) is 0 Å². The summed E-state index contributed by atoms with van der Waals surface area (Å²) < 4.78 is 1.67. The third-order valence-electron chi connectivity index (χ3n) is 1.06. The van der Waals surface area contributed by atoms with Gasteiger partial charge in [-0.05, 0) is 28.3 Å². The summed E-state index contributed by atoms with van der Waals surface area (Å²) in [6, 6.07) is 1.82. The summed E-state index contributed by atoms with van der Waals surface area (Å²) in [7, 11) is 0. The van der Waals surface area contributed by atoms with Crippen molar-refractivity contribution in [1.29, 1.82) is 0 Å². The molecule has 0 amide bonds. The lowest BCUT2D eigenvalue weighted by molar-refractivity contribution is 0.0701. The van der Waals surface area contributed by atoms with Crippen molar-refractivity contribution < 1.29 is 9.90 Å². The molecule has 0 aliphatic rings. The molecule has 1 aromatic rings. The topological polar surface area (TPSA) is 37.3 Å². The second-order valence-electron chi connectivity index (χ2n) is 1.75. The van der Waals surface area contributed by atoms with Crippen molar-refractivity contribution in [3.63, 3.8) is 0 Å². The van der Waals surface area contributed by atoms with E-state index in [1.807, 2.05) is 12.3 Å². The molecule has 0 spiro atoms. The van der Waals surface area contributed by atoms with Crippen molar-refractivity contribution in [2.75, 3.05) is 6.26 Å². The summed E-state index contributed by atoms with van der Waals surface area (Å²) in [5.74, 6) is -0.873. The molecule has 0 aliphatic heterocycles. The average molecular weight is 253 g/mol. The van der Waals surface area contributed by atoms with Gasteiger partial charge in [-0.25, -0.2) is 4.79 Å². The van der Waals surface area contributed by atoms with Crippen molar-refractivity contribution in [3.05, 3.63) is 15.4 Å². The molecule has 0 saturated carbocycles. The minimum absolute atomic E-state index is 0.370. The molecule has 60 valence electrons. The van der Waals surface area contributed by atoms with Crippen LogP contribution in [0.1, 0.15) is 9.67 Å². The Hall–Kier alpha value is -0.0000000000000000833. The van der Waals surface area contributed by atoms with Crippen LogP contribution in [0.25, 0.3) is 0 Å². The molecule has 1 aromatic heterocycles. The number of hydrogen-bond donors (Lipinski definition) is 1. The van der Waals surface area contributed by atoms with Gasteiger partial charge in [0.1, 0.15) is 4.88 Å². The van der Waals surface area contributed by atoms with Crippen LogP contribution in [0, 0.1) is 0 Å². The smallest absolute Gasteiger partial charge is 0.347 e. The standard InChI is InChI=1S/C6H5BrO2S2/c1-10-4-2-3(7)5(11-4)6(8)9/h2H,1H3,(H,8,9). The van der Waals surface area contributed by atoms with Gasteiger partial charge in [-0.1, -0.05) is 0 Å². The maximum atomic E-state index is 10.5. The summed E-state index contributed by atoms with van der Waals surface area (Å²) in [4.78, 5) is 10.9. The normalized spacial score (nSPS) is 10.0. The third kappa shape index (κ3) is 1.98. The van der Waals surface area contributed by atoms with Gasteiger partial charge in [-0.3, -0.25) is 0 Å². The second-order valence-corrected chi connectivity index (χ2v) is 4.76. The van der Waals surface area contributed by atoms with E-state index < -0.39 is 5.97 Å². The van der Waals surface area contributed by atoms with Crippen molar-refractivity contribution >= 4 is 45.0 Å². The highest BCUT2D eigenvalue weighted by Gasteiger charge is 2.12. The fourth-order valence-electron chi connectivity index (χ4n) is 0.594. The van der Waals surface area contributed by atoms with Gasteiger partial charge in [0.25, 0.3) is 0 Å². The zero-order valence-corrected chi connectivity index (χ0v) is 8.85. The average Bonchev–Trinajstić information content (AvgIpc) is 2.30. The first-order chi connectivity index (χ1) is 5.15. The van der Waals surface area contributed by atoms with Crippen LogP contribution in [-0.4, -0.2) is 17.3 Å². The minimum atomic E-state index is -0.873. The monoisotopic (exact) mass is 252 g/mol. The summed E-state index contributed by atoms with van der Waals surface area (Å²) >= 11 is 6.01. The number of thioether (sulfide) groups is 1. The highest BCUT2D eigenvalue weighted by Crippen LogP contribution is 2.32. The largest absolute Gasteiger partial charge is 0.477 e. The second kappa shape index (κ2) is 3.60. The van der Waals surface area contributed by atoms with E-state index in [-0.39, 0.29) is 0 Å². The molecule has 0 aliphatic carbocycles. The van der Waals surface area contributed by atoms with Crippen LogP contribution < -0.4 is 0 Å². The Labute approximate surface area is 80.7 Å². The Bertz CT molecular complexity index is 282.